The molecule has 1 aliphatic rings. The van der Waals surface area contributed by atoms with Gasteiger partial charge in [-0.1, -0.05) is 58.6 Å². The molecule has 2 aromatic carbocycles. The van der Waals surface area contributed by atoms with E-state index in [9.17, 15) is 4.79 Å². The molecule has 0 radical (unpaired) electrons. The number of allylic oxidation sites excluding steroid dienone is 2. The lowest BCUT2D eigenvalue weighted by atomic mass is 10.2. The van der Waals surface area contributed by atoms with Gasteiger partial charge in [-0.3, -0.25) is 9.13 Å². The second-order valence-electron chi connectivity index (χ2n) is 5.96. The third kappa shape index (κ3) is 3.26. The zero-order chi connectivity index (χ0) is 19.1. The van der Waals surface area contributed by atoms with E-state index in [1.54, 1.807) is 45.5 Å². The summed E-state index contributed by atoms with van der Waals surface area (Å²) in [6.45, 7) is 0. The molecule has 0 N–H and O–H groups in total. The smallest absolute Gasteiger partial charge is 0.260 e. The highest BCUT2D eigenvalue weighted by molar-refractivity contribution is 6.42. The molecule has 0 bridgehead atoms. The van der Waals surface area contributed by atoms with E-state index in [2.05, 4.69) is 0 Å². The topological polar surface area (TPSA) is 26.9 Å². The number of aromatic nitrogens is 2. The highest BCUT2D eigenvalue weighted by Gasteiger charge is 2.20. The number of fused-ring (bicyclic) bond motifs is 1. The average molecular weight is 438 g/mol. The summed E-state index contributed by atoms with van der Waals surface area (Å²) < 4.78 is 3.21. The van der Waals surface area contributed by atoms with Gasteiger partial charge in [0.15, 0.2) is 0 Å². The first kappa shape index (κ1) is 18.5. The van der Waals surface area contributed by atoms with Gasteiger partial charge in [-0.15, -0.1) is 0 Å². The third-order valence-corrected chi connectivity index (χ3v) is 5.75. The number of hydrogen-bond acceptors (Lipinski definition) is 1. The second kappa shape index (κ2) is 7.25. The van der Waals surface area contributed by atoms with Gasteiger partial charge in [0.05, 0.1) is 42.9 Å². The lowest BCUT2D eigenvalue weighted by molar-refractivity contribution is 0.902. The number of benzene rings is 2. The molecular weight excluding hydrogens is 426 g/mol. The van der Waals surface area contributed by atoms with Gasteiger partial charge in [0.25, 0.3) is 0 Å². The van der Waals surface area contributed by atoms with E-state index in [-0.39, 0.29) is 5.69 Å². The summed E-state index contributed by atoms with van der Waals surface area (Å²) in [5.74, 6) is 0. The molecule has 1 aromatic heterocycles. The Balaban J connectivity index is 2.05. The number of nitrogens with zero attached hydrogens (tertiary/aromatic N) is 2. The standard InChI is InChI=1S/C20H12Cl4N2O/c21-14-8-6-12(10-16(14)23)25-18-4-2-1-3-5-19(18)26(20(25)27)13-7-9-15(22)17(24)11-13/h2-11H,1H2. The van der Waals surface area contributed by atoms with Crippen LogP contribution in [0.3, 0.4) is 0 Å². The minimum Gasteiger partial charge on any atom is -0.260 e. The van der Waals surface area contributed by atoms with Crippen molar-refractivity contribution in [2.45, 2.75) is 6.42 Å². The molecule has 4 rings (SSSR count). The third-order valence-electron chi connectivity index (χ3n) is 4.27. The van der Waals surface area contributed by atoms with Crippen molar-refractivity contribution >= 4 is 58.6 Å². The van der Waals surface area contributed by atoms with E-state index < -0.39 is 0 Å². The first-order valence-electron chi connectivity index (χ1n) is 8.09. The van der Waals surface area contributed by atoms with E-state index in [0.717, 1.165) is 17.8 Å². The summed E-state index contributed by atoms with van der Waals surface area (Å²) in [4.78, 5) is 13.4. The summed E-state index contributed by atoms with van der Waals surface area (Å²) in [5, 5.41) is 1.62. The first-order valence-corrected chi connectivity index (χ1v) is 9.60. The van der Waals surface area contributed by atoms with E-state index >= 15 is 0 Å². The van der Waals surface area contributed by atoms with E-state index in [0.29, 0.717) is 31.5 Å². The van der Waals surface area contributed by atoms with Gasteiger partial charge < -0.3 is 0 Å². The largest absolute Gasteiger partial charge is 0.338 e. The van der Waals surface area contributed by atoms with Crippen molar-refractivity contribution in [1.29, 1.82) is 0 Å². The second-order valence-corrected chi connectivity index (χ2v) is 7.59. The molecule has 3 nitrogen and oxygen atoms in total. The normalized spacial score (nSPS) is 12.9. The minimum atomic E-state index is -0.243. The van der Waals surface area contributed by atoms with Gasteiger partial charge in [-0.2, -0.15) is 0 Å². The van der Waals surface area contributed by atoms with Crippen molar-refractivity contribution in [3.05, 3.63) is 90.5 Å². The quantitative estimate of drug-likeness (QED) is 0.439. The van der Waals surface area contributed by atoms with Crippen molar-refractivity contribution in [1.82, 2.24) is 9.13 Å². The minimum absolute atomic E-state index is 0.243. The Morgan fingerprint density at radius 1 is 0.667 bits per heavy atom. The molecule has 0 saturated heterocycles. The van der Waals surface area contributed by atoms with Crippen LogP contribution in [0.25, 0.3) is 23.5 Å². The van der Waals surface area contributed by atoms with Crippen LogP contribution in [-0.4, -0.2) is 9.13 Å². The van der Waals surface area contributed by atoms with Crippen LogP contribution in [0.15, 0.2) is 53.3 Å². The maximum Gasteiger partial charge on any atom is 0.338 e. The van der Waals surface area contributed by atoms with Gasteiger partial charge >= 0.3 is 5.69 Å². The summed E-state index contributed by atoms with van der Waals surface area (Å²) in [6.07, 6.45) is 8.61. The molecule has 0 spiro atoms. The molecule has 3 aromatic rings. The molecule has 7 heteroatoms. The van der Waals surface area contributed by atoms with Gasteiger partial charge in [0.1, 0.15) is 0 Å². The van der Waals surface area contributed by atoms with Crippen molar-refractivity contribution in [3.63, 3.8) is 0 Å². The molecular formula is C20H12Cl4N2O. The molecule has 136 valence electrons. The Hall–Kier alpha value is -1.91. The maximum atomic E-state index is 13.4. The van der Waals surface area contributed by atoms with Gasteiger partial charge in [0.2, 0.25) is 0 Å². The van der Waals surface area contributed by atoms with Crippen molar-refractivity contribution < 1.29 is 0 Å². The van der Waals surface area contributed by atoms with Gasteiger partial charge in [-0.05, 0) is 55.0 Å². The van der Waals surface area contributed by atoms with Crippen LogP contribution in [0.4, 0.5) is 0 Å². The monoisotopic (exact) mass is 436 g/mol. The van der Waals surface area contributed by atoms with Crippen LogP contribution in [0.1, 0.15) is 17.8 Å². The zero-order valence-corrected chi connectivity index (χ0v) is 16.8. The van der Waals surface area contributed by atoms with Crippen LogP contribution in [-0.2, 0) is 0 Å². The maximum absolute atomic E-state index is 13.4. The predicted molar refractivity (Wildman–Crippen MR) is 114 cm³/mol. The molecule has 27 heavy (non-hydrogen) atoms. The average Bonchev–Trinajstić information content (AvgIpc) is 2.78. The number of rotatable bonds is 2. The highest BCUT2D eigenvalue weighted by atomic mass is 35.5. The molecule has 0 saturated carbocycles. The molecule has 0 fully saturated rings. The highest BCUT2D eigenvalue weighted by Crippen LogP contribution is 2.29. The number of imidazole rings is 1. The SMILES string of the molecule is O=c1n(-c2ccc(Cl)c(Cl)c2)c2c(n1-c1ccc(Cl)c(Cl)c1)C=CCC=C2. The number of hydrogen-bond donors (Lipinski definition) is 0. The molecule has 1 heterocycles. The lowest BCUT2D eigenvalue weighted by Gasteiger charge is -2.06. The molecule has 0 unspecified atom stereocenters. The Kier molecular flexibility index (Phi) is 4.95. The zero-order valence-electron chi connectivity index (χ0n) is 13.8. The summed E-state index contributed by atoms with van der Waals surface area (Å²) in [6, 6.07) is 10.2. The number of halogens is 4. The fourth-order valence-corrected chi connectivity index (χ4v) is 3.62. The Morgan fingerprint density at radius 2 is 1.11 bits per heavy atom. The van der Waals surface area contributed by atoms with Gasteiger partial charge in [0, 0.05) is 0 Å². The van der Waals surface area contributed by atoms with Crippen LogP contribution >= 0.6 is 46.4 Å². The van der Waals surface area contributed by atoms with Crippen LogP contribution < -0.4 is 5.69 Å². The molecule has 0 aliphatic heterocycles. The lowest BCUT2D eigenvalue weighted by Crippen LogP contribution is -2.23. The molecule has 0 atom stereocenters. The molecule has 1 aliphatic carbocycles. The fourth-order valence-electron chi connectivity index (χ4n) is 3.04. The fraction of sp³-hybridized carbons (Fsp3) is 0.0500. The van der Waals surface area contributed by atoms with E-state index in [1.165, 1.54) is 0 Å². The predicted octanol–water partition coefficient (Wildman–Crippen LogP) is 6.67. The summed E-state index contributed by atoms with van der Waals surface area (Å²) in [7, 11) is 0. The Bertz CT molecular complexity index is 1080. The molecule has 0 amide bonds. The van der Waals surface area contributed by atoms with Gasteiger partial charge in [-0.25, -0.2) is 4.79 Å². The van der Waals surface area contributed by atoms with Crippen LogP contribution in [0.2, 0.25) is 20.1 Å². The van der Waals surface area contributed by atoms with E-state index in [1.807, 2.05) is 24.3 Å². The Labute approximate surface area is 175 Å². The van der Waals surface area contributed by atoms with Crippen molar-refractivity contribution in [2.24, 2.45) is 0 Å². The van der Waals surface area contributed by atoms with Crippen molar-refractivity contribution in [3.8, 4) is 11.4 Å². The van der Waals surface area contributed by atoms with Crippen LogP contribution in [0.5, 0.6) is 0 Å². The summed E-state index contributed by atoms with van der Waals surface area (Å²) >= 11 is 24.4. The van der Waals surface area contributed by atoms with Crippen molar-refractivity contribution in [2.75, 3.05) is 0 Å². The van der Waals surface area contributed by atoms with E-state index in [4.69, 9.17) is 46.4 Å². The Morgan fingerprint density at radius 3 is 1.52 bits per heavy atom. The first-order chi connectivity index (χ1) is 13.0. The summed E-state index contributed by atoms with van der Waals surface area (Å²) in [5.41, 5.74) is 2.51. The van der Waals surface area contributed by atoms with Crippen LogP contribution in [0, 0.1) is 0 Å².